The van der Waals surface area contributed by atoms with Gasteiger partial charge in [0.1, 0.15) is 0 Å². The fourth-order valence-corrected chi connectivity index (χ4v) is 2.86. The normalized spacial score (nSPS) is 36.8. The van der Waals surface area contributed by atoms with Crippen LogP contribution in [0.4, 0.5) is 0 Å². The topological polar surface area (TPSA) is 0 Å². The van der Waals surface area contributed by atoms with E-state index in [4.69, 9.17) is 0 Å². The lowest BCUT2D eigenvalue weighted by Crippen LogP contribution is -2.30. The molecule has 0 aromatic carbocycles. The number of hydrogen-bond donors (Lipinski definition) is 0. The van der Waals surface area contributed by atoms with Gasteiger partial charge in [0, 0.05) is 0 Å². The Balaban J connectivity index is 2.34. The molecule has 1 aliphatic rings. The van der Waals surface area contributed by atoms with Crippen molar-refractivity contribution in [2.24, 2.45) is 10.8 Å². The van der Waals surface area contributed by atoms with Crippen molar-refractivity contribution >= 4 is 0 Å². The Bertz CT molecular complexity index is 172. The first-order chi connectivity index (χ1) is 7.04. The predicted molar refractivity (Wildman–Crippen MR) is 69.1 cm³/mol. The van der Waals surface area contributed by atoms with E-state index in [0.717, 1.165) is 0 Å². The second-order valence-electron chi connectivity index (χ2n) is 6.43. The van der Waals surface area contributed by atoms with E-state index in [2.05, 4.69) is 27.7 Å². The van der Waals surface area contributed by atoms with Crippen molar-refractivity contribution in [2.45, 2.75) is 85.5 Å². The highest BCUT2D eigenvalue weighted by Crippen LogP contribution is 2.48. The first kappa shape index (κ1) is 13.1. The fraction of sp³-hybridized carbons (Fsp3) is 1.00. The molecule has 0 spiro atoms. The number of rotatable bonds is 5. The smallest absolute Gasteiger partial charge is 0.0325 e. The molecule has 0 aliphatic heterocycles. The lowest BCUT2D eigenvalue weighted by molar-refractivity contribution is 0.0903. The summed E-state index contributed by atoms with van der Waals surface area (Å²) < 4.78 is 0. The molecule has 0 amide bonds. The Kier molecular flexibility index (Phi) is 4.67. The monoisotopic (exact) mass is 210 g/mol. The van der Waals surface area contributed by atoms with Gasteiger partial charge >= 0.3 is 0 Å². The van der Waals surface area contributed by atoms with E-state index >= 15 is 0 Å². The molecule has 0 atom stereocenters. The zero-order chi connectivity index (χ0) is 11.4. The molecule has 0 unspecified atom stereocenters. The van der Waals surface area contributed by atoms with Gasteiger partial charge in [-0.15, -0.1) is 0 Å². The first-order valence-corrected chi connectivity index (χ1v) is 7.04. The van der Waals surface area contributed by atoms with Crippen LogP contribution in [0.25, 0.3) is 0 Å². The van der Waals surface area contributed by atoms with Gasteiger partial charge in [0.05, 0.1) is 0 Å². The average Bonchev–Trinajstić information content (AvgIpc) is 2.24. The molecule has 0 aromatic heterocycles. The van der Waals surface area contributed by atoms with Gasteiger partial charge in [0.15, 0.2) is 0 Å². The van der Waals surface area contributed by atoms with Gasteiger partial charge in [-0.05, 0) is 42.9 Å². The molecule has 0 nitrogen and oxygen atoms in total. The summed E-state index contributed by atoms with van der Waals surface area (Å²) in [5.74, 6) is 0. The summed E-state index contributed by atoms with van der Waals surface area (Å²) in [6, 6.07) is 0. The SMILES string of the molecule is CCCCCC1(C)CCC(C)(CC)CC1. The molecule has 0 saturated heterocycles. The Morgan fingerprint density at radius 3 is 1.80 bits per heavy atom. The van der Waals surface area contributed by atoms with Gasteiger partial charge in [-0.2, -0.15) is 0 Å². The highest BCUT2D eigenvalue weighted by molar-refractivity contribution is 4.87. The van der Waals surface area contributed by atoms with Crippen molar-refractivity contribution in [3.8, 4) is 0 Å². The summed E-state index contributed by atoms with van der Waals surface area (Å²) in [6.07, 6.45) is 13.0. The van der Waals surface area contributed by atoms with Crippen molar-refractivity contribution in [1.29, 1.82) is 0 Å². The lowest BCUT2D eigenvalue weighted by Gasteiger charge is -2.43. The summed E-state index contributed by atoms with van der Waals surface area (Å²) in [5, 5.41) is 0. The molecular weight excluding hydrogens is 180 g/mol. The standard InChI is InChI=1S/C15H30/c1-5-7-8-9-15(4)12-10-14(3,6-2)11-13-15/h5-13H2,1-4H3. The second kappa shape index (κ2) is 5.37. The van der Waals surface area contributed by atoms with Crippen molar-refractivity contribution in [3.63, 3.8) is 0 Å². The molecule has 1 aliphatic carbocycles. The molecule has 0 N–H and O–H groups in total. The Labute approximate surface area is 96.8 Å². The molecule has 1 saturated carbocycles. The number of hydrogen-bond acceptors (Lipinski definition) is 0. The molecule has 90 valence electrons. The van der Waals surface area contributed by atoms with Crippen molar-refractivity contribution in [3.05, 3.63) is 0 Å². The third kappa shape index (κ3) is 3.81. The Morgan fingerprint density at radius 1 is 0.800 bits per heavy atom. The molecular formula is C15H30. The third-order valence-corrected chi connectivity index (χ3v) is 4.90. The maximum Gasteiger partial charge on any atom is -0.0325 e. The van der Waals surface area contributed by atoms with Crippen LogP contribution in [0.1, 0.15) is 85.5 Å². The van der Waals surface area contributed by atoms with Crippen LogP contribution in [0.15, 0.2) is 0 Å². The van der Waals surface area contributed by atoms with Gasteiger partial charge in [-0.1, -0.05) is 53.4 Å². The van der Waals surface area contributed by atoms with Crippen LogP contribution in [0.2, 0.25) is 0 Å². The van der Waals surface area contributed by atoms with Crippen LogP contribution >= 0.6 is 0 Å². The highest BCUT2D eigenvalue weighted by Gasteiger charge is 2.35. The molecule has 0 radical (unpaired) electrons. The van der Waals surface area contributed by atoms with Gasteiger partial charge < -0.3 is 0 Å². The Hall–Kier alpha value is 0. The van der Waals surface area contributed by atoms with Gasteiger partial charge in [-0.3, -0.25) is 0 Å². The minimum atomic E-state index is 0.671. The molecule has 1 rings (SSSR count). The summed E-state index contributed by atoms with van der Waals surface area (Å²) in [5.41, 5.74) is 1.36. The van der Waals surface area contributed by atoms with Crippen LogP contribution in [-0.2, 0) is 0 Å². The van der Waals surface area contributed by atoms with E-state index in [9.17, 15) is 0 Å². The van der Waals surface area contributed by atoms with Crippen molar-refractivity contribution < 1.29 is 0 Å². The molecule has 0 aromatic rings. The molecule has 0 bridgehead atoms. The number of unbranched alkanes of at least 4 members (excludes halogenated alkanes) is 2. The third-order valence-electron chi connectivity index (χ3n) is 4.90. The minimum Gasteiger partial charge on any atom is -0.0654 e. The van der Waals surface area contributed by atoms with E-state index in [1.165, 1.54) is 57.8 Å². The second-order valence-corrected chi connectivity index (χ2v) is 6.43. The lowest BCUT2D eigenvalue weighted by atomic mass is 9.63. The Morgan fingerprint density at radius 2 is 1.33 bits per heavy atom. The summed E-state index contributed by atoms with van der Waals surface area (Å²) in [6.45, 7) is 9.67. The maximum absolute atomic E-state index is 2.53. The maximum atomic E-state index is 2.53. The van der Waals surface area contributed by atoms with Crippen LogP contribution in [0, 0.1) is 10.8 Å². The zero-order valence-electron chi connectivity index (χ0n) is 11.4. The van der Waals surface area contributed by atoms with E-state index < -0.39 is 0 Å². The molecule has 0 heterocycles. The van der Waals surface area contributed by atoms with E-state index in [-0.39, 0.29) is 0 Å². The zero-order valence-corrected chi connectivity index (χ0v) is 11.4. The van der Waals surface area contributed by atoms with Gasteiger partial charge in [0.25, 0.3) is 0 Å². The summed E-state index contributed by atoms with van der Waals surface area (Å²) in [7, 11) is 0. The fourth-order valence-electron chi connectivity index (χ4n) is 2.86. The largest absolute Gasteiger partial charge is 0.0654 e. The van der Waals surface area contributed by atoms with Crippen molar-refractivity contribution in [1.82, 2.24) is 0 Å². The van der Waals surface area contributed by atoms with Crippen LogP contribution < -0.4 is 0 Å². The molecule has 15 heavy (non-hydrogen) atoms. The van der Waals surface area contributed by atoms with Gasteiger partial charge in [0.2, 0.25) is 0 Å². The van der Waals surface area contributed by atoms with Crippen molar-refractivity contribution in [2.75, 3.05) is 0 Å². The van der Waals surface area contributed by atoms with Gasteiger partial charge in [-0.25, -0.2) is 0 Å². The van der Waals surface area contributed by atoms with Crippen LogP contribution in [-0.4, -0.2) is 0 Å². The quantitative estimate of drug-likeness (QED) is 0.521. The average molecular weight is 210 g/mol. The van der Waals surface area contributed by atoms with E-state index in [1.54, 1.807) is 0 Å². The van der Waals surface area contributed by atoms with E-state index in [0.29, 0.717) is 10.8 Å². The highest BCUT2D eigenvalue weighted by atomic mass is 14.4. The van der Waals surface area contributed by atoms with E-state index in [1.807, 2.05) is 0 Å². The molecule has 0 heteroatoms. The van der Waals surface area contributed by atoms with Crippen LogP contribution in [0.3, 0.4) is 0 Å². The minimum absolute atomic E-state index is 0.671. The van der Waals surface area contributed by atoms with Crippen LogP contribution in [0.5, 0.6) is 0 Å². The first-order valence-electron chi connectivity index (χ1n) is 7.04. The summed E-state index contributed by atoms with van der Waals surface area (Å²) in [4.78, 5) is 0. The predicted octanol–water partition coefficient (Wildman–Crippen LogP) is 5.56. The molecule has 1 fully saturated rings. The summed E-state index contributed by atoms with van der Waals surface area (Å²) >= 11 is 0.